The van der Waals surface area contributed by atoms with Gasteiger partial charge in [0.25, 0.3) is 0 Å². The molecule has 1 aliphatic rings. The lowest BCUT2D eigenvalue weighted by atomic mass is 9.80. The standard InChI is InChI=1S/C14H21N/c1-11(2)15-10-14(3,4)9-12-7-5-6-8-13(12)15/h5-8,11H,9-10H2,1-4H3. The number of nitrogens with zero attached hydrogens (tertiary/aromatic N) is 1. The van der Waals surface area contributed by atoms with Gasteiger partial charge >= 0.3 is 0 Å². The normalized spacial score (nSPS) is 19.1. The Labute approximate surface area is 93.1 Å². The molecule has 1 aliphatic heterocycles. The van der Waals surface area contributed by atoms with E-state index in [4.69, 9.17) is 0 Å². The zero-order valence-corrected chi connectivity index (χ0v) is 10.2. The molecule has 2 rings (SSSR count). The third-order valence-corrected chi connectivity index (χ3v) is 3.19. The first-order valence-electron chi connectivity index (χ1n) is 5.84. The summed E-state index contributed by atoms with van der Waals surface area (Å²) in [6.45, 7) is 10.4. The molecule has 0 unspecified atom stereocenters. The van der Waals surface area contributed by atoms with Crippen molar-refractivity contribution in [3.05, 3.63) is 29.8 Å². The molecule has 1 heteroatoms. The second-order valence-corrected chi connectivity index (χ2v) is 5.69. The van der Waals surface area contributed by atoms with Gasteiger partial charge in [-0.25, -0.2) is 0 Å². The summed E-state index contributed by atoms with van der Waals surface area (Å²) in [6, 6.07) is 9.41. The van der Waals surface area contributed by atoms with Gasteiger partial charge in [-0.1, -0.05) is 32.0 Å². The van der Waals surface area contributed by atoms with Crippen LogP contribution in [0.3, 0.4) is 0 Å². The van der Waals surface area contributed by atoms with Crippen LogP contribution in [0.2, 0.25) is 0 Å². The highest BCUT2D eigenvalue weighted by Crippen LogP contribution is 2.36. The van der Waals surface area contributed by atoms with E-state index in [0.29, 0.717) is 11.5 Å². The minimum absolute atomic E-state index is 0.401. The lowest BCUT2D eigenvalue weighted by Crippen LogP contribution is -2.44. The first-order chi connectivity index (χ1) is 6.99. The number of anilines is 1. The number of rotatable bonds is 1. The molecule has 0 spiro atoms. The van der Waals surface area contributed by atoms with Crippen molar-refractivity contribution in [1.82, 2.24) is 0 Å². The summed E-state index contributed by atoms with van der Waals surface area (Å²) >= 11 is 0. The van der Waals surface area contributed by atoms with Crippen LogP contribution in [0, 0.1) is 5.41 Å². The summed E-state index contributed by atoms with van der Waals surface area (Å²) in [5, 5.41) is 0. The number of hydrogen-bond acceptors (Lipinski definition) is 1. The van der Waals surface area contributed by atoms with Gasteiger partial charge in [-0.2, -0.15) is 0 Å². The molecule has 82 valence electrons. The van der Waals surface area contributed by atoms with Crippen molar-refractivity contribution in [1.29, 1.82) is 0 Å². The van der Waals surface area contributed by atoms with Gasteiger partial charge in [-0.05, 0) is 37.3 Å². The molecule has 1 aromatic rings. The highest BCUT2D eigenvalue weighted by atomic mass is 15.2. The molecule has 1 heterocycles. The third kappa shape index (κ3) is 2.01. The molecule has 15 heavy (non-hydrogen) atoms. The van der Waals surface area contributed by atoms with Crippen molar-refractivity contribution in [3.8, 4) is 0 Å². The van der Waals surface area contributed by atoms with Gasteiger partial charge in [-0.15, -0.1) is 0 Å². The number of fused-ring (bicyclic) bond motifs is 1. The van der Waals surface area contributed by atoms with Crippen molar-refractivity contribution < 1.29 is 0 Å². The van der Waals surface area contributed by atoms with E-state index in [1.807, 2.05) is 0 Å². The van der Waals surface area contributed by atoms with E-state index in [9.17, 15) is 0 Å². The molecule has 0 N–H and O–H groups in total. The van der Waals surface area contributed by atoms with Gasteiger partial charge in [0.1, 0.15) is 0 Å². The maximum absolute atomic E-state index is 2.53. The minimum Gasteiger partial charge on any atom is -0.368 e. The van der Waals surface area contributed by atoms with Crippen LogP contribution in [0.5, 0.6) is 0 Å². The zero-order valence-electron chi connectivity index (χ0n) is 10.2. The van der Waals surface area contributed by atoms with Gasteiger partial charge in [0.05, 0.1) is 0 Å². The molecular formula is C14H21N. The fourth-order valence-electron chi connectivity index (χ4n) is 2.52. The first kappa shape index (κ1) is 10.5. The largest absolute Gasteiger partial charge is 0.368 e. The molecule has 0 saturated heterocycles. The minimum atomic E-state index is 0.401. The van der Waals surface area contributed by atoms with E-state index in [1.54, 1.807) is 0 Å². The van der Waals surface area contributed by atoms with E-state index in [-0.39, 0.29) is 0 Å². The fraction of sp³-hybridized carbons (Fsp3) is 0.571. The molecule has 1 nitrogen and oxygen atoms in total. The lowest BCUT2D eigenvalue weighted by molar-refractivity contribution is 0.339. The molecule has 0 aliphatic carbocycles. The zero-order chi connectivity index (χ0) is 11.1. The summed E-state index contributed by atoms with van der Waals surface area (Å²) in [7, 11) is 0. The van der Waals surface area contributed by atoms with Crippen molar-refractivity contribution in [2.45, 2.75) is 40.2 Å². The highest BCUT2D eigenvalue weighted by molar-refractivity contribution is 5.56. The fourth-order valence-corrected chi connectivity index (χ4v) is 2.52. The molecule has 0 fully saturated rings. The van der Waals surface area contributed by atoms with Gasteiger partial charge in [0.15, 0.2) is 0 Å². The van der Waals surface area contributed by atoms with Crippen molar-refractivity contribution in [2.24, 2.45) is 5.41 Å². The molecule has 0 saturated carbocycles. The third-order valence-electron chi connectivity index (χ3n) is 3.19. The molecule has 0 radical (unpaired) electrons. The second-order valence-electron chi connectivity index (χ2n) is 5.69. The summed E-state index contributed by atoms with van der Waals surface area (Å²) < 4.78 is 0. The molecular weight excluding hydrogens is 182 g/mol. The summed E-state index contributed by atoms with van der Waals surface area (Å²) in [4.78, 5) is 2.53. The average molecular weight is 203 g/mol. The Bertz CT molecular complexity index is 352. The van der Waals surface area contributed by atoms with Crippen LogP contribution in [0.4, 0.5) is 5.69 Å². The number of hydrogen-bond donors (Lipinski definition) is 0. The van der Waals surface area contributed by atoms with Gasteiger partial charge in [-0.3, -0.25) is 0 Å². The molecule has 0 atom stereocenters. The Morgan fingerprint density at radius 3 is 2.53 bits per heavy atom. The Balaban J connectivity index is 2.43. The quantitative estimate of drug-likeness (QED) is 0.675. The first-order valence-corrected chi connectivity index (χ1v) is 5.84. The van der Waals surface area contributed by atoms with Crippen molar-refractivity contribution in [3.63, 3.8) is 0 Å². The molecule has 0 aromatic heterocycles. The van der Waals surface area contributed by atoms with Crippen LogP contribution in [0.1, 0.15) is 33.3 Å². The molecule has 0 amide bonds. The van der Waals surface area contributed by atoms with E-state index < -0.39 is 0 Å². The van der Waals surface area contributed by atoms with Crippen LogP contribution in [-0.2, 0) is 6.42 Å². The average Bonchev–Trinajstić information content (AvgIpc) is 2.14. The SMILES string of the molecule is CC(C)N1CC(C)(C)Cc2ccccc21. The maximum Gasteiger partial charge on any atom is 0.0401 e. The van der Waals surface area contributed by atoms with Crippen LogP contribution < -0.4 is 4.90 Å². The Morgan fingerprint density at radius 1 is 1.20 bits per heavy atom. The van der Waals surface area contributed by atoms with E-state index in [0.717, 1.165) is 0 Å². The maximum atomic E-state index is 2.53. The Kier molecular flexibility index (Phi) is 2.49. The monoisotopic (exact) mass is 203 g/mol. The predicted molar refractivity (Wildman–Crippen MR) is 66.4 cm³/mol. The van der Waals surface area contributed by atoms with Gasteiger partial charge < -0.3 is 4.90 Å². The van der Waals surface area contributed by atoms with E-state index in [1.165, 1.54) is 24.2 Å². The molecule has 0 bridgehead atoms. The van der Waals surface area contributed by atoms with E-state index >= 15 is 0 Å². The summed E-state index contributed by atoms with van der Waals surface area (Å²) in [5.41, 5.74) is 3.34. The predicted octanol–water partition coefficient (Wildman–Crippen LogP) is 3.48. The van der Waals surface area contributed by atoms with Gasteiger partial charge in [0.2, 0.25) is 0 Å². The number of para-hydroxylation sites is 1. The summed E-state index contributed by atoms with van der Waals surface area (Å²) in [5.74, 6) is 0. The highest BCUT2D eigenvalue weighted by Gasteiger charge is 2.30. The second kappa shape index (κ2) is 3.55. The van der Waals surface area contributed by atoms with Crippen LogP contribution in [-0.4, -0.2) is 12.6 Å². The smallest absolute Gasteiger partial charge is 0.0401 e. The van der Waals surface area contributed by atoms with Crippen molar-refractivity contribution >= 4 is 5.69 Å². The lowest BCUT2D eigenvalue weighted by Gasteiger charge is -2.43. The molecule has 1 aromatic carbocycles. The van der Waals surface area contributed by atoms with Crippen molar-refractivity contribution in [2.75, 3.05) is 11.4 Å². The topological polar surface area (TPSA) is 3.24 Å². The summed E-state index contributed by atoms with van der Waals surface area (Å²) in [6.07, 6.45) is 1.20. The van der Waals surface area contributed by atoms with Crippen LogP contribution in [0.25, 0.3) is 0 Å². The number of benzene rings is 1. The van der Waals surface area contributed by atoms with E-state index in [2.05, 4.69) is 56.9 Å². The van der Waals surface area contributed by atoms with Crippen LogP contribution >= 0.6 is 0 Å². The van der Waals surface area contributed by atoms with Crippen LogP contribution in [0.15, 0.2) is 24.3 Å². The van der Waals surface area contributed by atoms with Gasteiger partial charge in [0, 0.05) is 18.3 Å². The Morgan fingerprint density at radius 2 is 1.87 bits per heavy atom. The Hall–Kier alpha value is -0.980.